The van der Waals surface area contributed by atoms with Crippen molar-refractivity contribution in [2.45, 2.75) is 71.3 Å². The minimum absolute atomic E-state index is 0.162. The summed E-state index contributed by atoms with van der Waals surface area (Å²) in [5.41, 5.74) is -0.429. The van der Waals surface area contributed by atoms with Gasteiger partial charge in [-0.15, -0.1) is 0 Å². The second kappa shape index (κ2) is 6.39. The molecular weight excluding hydrogens is 200 g/mol. The Balaban J connectivity index is 2.71. The first-order valence-electron chi connectivity index (χ1n) is 6.84. The van der Waals surface area contributed by atoms with Crippen LogP contribution in [-0.4, -0.2) is 18.0 Å². The lowest BCUT2D eigenvalue weighted by molar-refractivity contribution is -0.153. The maximum Gasteiger partial charge on any atom is 0.167 e. The van der Waals surface area contributed by atoms with Gasteiger partial charge < -0.3 is 4.74 Å². The van der Waals surface area contributed by atoms with Crippen LogP contribution in [0.25, 0.3) is 0 Å². The molecule has 0 heterocycles. The van der Waals surface area contributed by atoms with Gasteiger partial charge in [-0.05, 0) is 26.2 Å². The van der Waals surface area contributed by atoms with Crippen molar-refractivity contribution in [1.29, 1.82) is 0 Å². The second-order valence-corrected chi connectivity index (χ2v) is 5.04. The quantitative estimate of drug-likeness (QED) is 0.689. The molecule has 94 valence electrons. The number of hydrogen-bond acceptors (Lipinski definition) is 2. The van der Waals surface area contributed by atoms with Crippen LogP contribution < -0.4 is 0 Å². The fourth-order valence-electron chi connectivity index (χ4n) is 2.87. The van der Waals surface area contributed by atoms with Crippen LogP contribution in [0.3, 0.4) is 0 Å². The lowest BCUT2D eigenvalue weighted by Gasteiger charge is -2.37. The van der Waals surface area contributed by atoms with Gasteiger partial charge in [-0.2, -0.15) is 0 Å². The molecule has 1 saturated carbocycles. The fourth-order valence-corrected chi connectivity index (χ4v) is 2.87. The zero-order chi connectivity index (χ0) is 12.0. The summed E-state index contributed by atoms with van der Waals surface area (Å²) in [7, 11) is 0. The number of carbonyl (C=O) groups excluding carboxylic acids is 1. The highest BCUT2D eigenvalue weighted by atomic mass is 16.5. The van der Waals surface area contributed by atoms with Crippen LogP contribution in [0.5, 0.6) is 0 Å². The molecule has 0 aliphatic heterocycles. The largest absolute Gasteiger partial charge is 0.367 e. The third-order valence-corrected chi connectivity index (χ3v) is 3.70. The normalized spacial score (nSPS) is 21.7. The Bertz CT molecular complexity index is 211. The first kappa shape index (κ1) is 13.7. The smallest absolute Gasteiger partial charge is 0.167 e. The molecule has 1 atom stereocenters. The molecule has 0 N–H and O–H groups in total. The lowest BCUT2D eigenvalue weighted by atomic mass is 9.77. The molecular formula is C14H26O2. The summed E-state index contributed by atoms with van der Waals surface area (Å²) in [6.07, 6.45) is 7.49. The van der Waals surface area contributed by atoms with E-state index < -0.39 is 5.60 Å². The van der Waals surface area contributed by atoms with E-state index in [-0.39, 0.29) is 5.92 Å². The standard InChI is InChI=1S/C14H26O2/c1-4-9-12(3)13(15)14(16-5-2)10-7-6-8-11-14/h12H,4-11H2,1-3H3. The topological polar surface area (TPSA) is 26.3 Å². The minimum Gasteiger partial charge on any atom is -0.367 e. The van der Waals surface area contributed by atoms with Crippen molar-refractivity contribution >= 4 is 5.78 Å². The molecule has 1 rings (SSSR count). The zero-order valence-electron chi connectivity index (χ0n) is 11.1. The van der Waals surface area contributed by atoms with Gasteiger partial charge in [0.25, 0.3) is 0 Å². The highest BCUT2D eigenvalue weighted by molar-refractivity contribution is 5.89. The molecule has 0 amide bonds. The van der Waals surface area contributed by atoms with Crippen molar-refractivity contribution in [3.05, 3.63) is 0 Å². The second-order valence-electron chi connectivity index (χ2n) is 5.04. The number of hydrogen-bond donors (Lipinski definition) is 0. The Morgan fingerprint density at radius 2 is 1.88 bits per heavy atom. The fraction of sp³-hybridized carbons (Fsp3) is 0.929. The Morgan fingerprint density at radius 3 is 2.38 bits per heavy atom. The number of Topliss-reactive ketones (excluding diaryl/α,β-unsaturated/α-hetero) is 1. The molecule has 0 saturated heterocycles. The van der Waals surface area contributed by atoms with Gasteiger partial charge in [0, 0.05) is 12.5 Å². The first-order valence-corrected chi connectivity index (χ1v) is 6.84. The summed E-state index contributed by atoms with van der Waals surface area (Å²) in [6, 6.07) is 0. The lowest BCUT2D eigenvalue weighted by Crippen LogP contribution is -2.46. The van der Waals surface area contributed by atoms with Crippen molar-refractivity contribution < 1.29 is 9.53 Å². The summed E-state index contributed by atoms with van der Waals surface area (Å²) in [6.45, 7) is 6.85. The van der Waals surface area contributed by atoms with E-state index in [2.05, 4.69) is 13.8 Å². The van der Waals surface area contributed by atoms with E-state index in [1.165, 1.54) is 6.42 Å². The molecule has 0 spiro atoms. The molecule has 0 aromatic rings. The molecule has 2 nitrogen and oxygen atoms in total. The van der Waals surface area contributed by atoms with Crippen LogP contribution in [-0.2, 0) is 9.53 Å². The van der Waals surface area contributed by atoms with Crippen molar-refractivity contribution in [3.8, 4) is 0 Å². The molecule has 0 radical (unpaired) electrons. The van der Waals surface area contributed by atoms with Gasteiger partial charge in [0.1, 0.15) is 5.60 Å². The van der Waals surface area contributed by atoms with Crippen molar-refractivity contribution in [1.82, 2.24) is 0 Å². The van der Waals surface area contributed by atoms with Crippen LogP contribution in [0.2, 0.25) is 0 Å². The van der Waals surface area contributed by atoms with Gasteiger partial charge in [0.15, 0.2) is 5.78 Å². The Hall–Kier alpha value is -0.370. The Labute approximate surface area is 99.8 Å². The van der Waals surface area contributed by atoms with Crippen LogP contribution >= 0.6 is 0 Å². The average Bonchev–Trinajstić information content (AvgIpc) is 2.30. The third kappa shape index (κ3) is 3.07. The Kier molecular flexibility index (Phi) is 5.47. The van der Waals surface area contributed by atoms with Gasteiger partial charge in [-0.25, -0.2) is 0 Å². The average molecular weight is 226 g/mol. The van der Waals surface area contributed by atoms with Crippen LogP contribution in [0.1, 0.15) is 65.7 Å². The van der Waals surface area contributed by atoms with Crippen molar-refractivity contribution in [2.24, 2.45) is 5.92 Å². The van der Waals surface area contributed by atoms with Gasteiger partial charge in [-0.1, -0.05) is 39.5 Å². The van der Waals surface area contributed by atoms with Crippen LogP contribution in [0, 0.1) is 5.92 Å². The Morgan fingerprint density at radius 1 is 1.25 bits per heavy atom. The highest BCUT2D eigenvalue weighted by Crippen LogP contribution is 2.35. The monoisotopic (exact) mass is 226 g/mol. The zero-order valence-corrected chi connectivity index (χ0v) is 11.1. The predicted molar refractivity (Wildman–Crippen MR) is 66.5 cm³/mol. The maximum absolute atomic E-state index is 12.5. The maximum atomic E-state index is 12.5. The number of ketones is 1. The van der Waals surface area contributed by atoms with Crippen LogP contribution in [0.15, 0.2) is 0 Å². The van der Waals surface area contributed by atoms with E-state index >= 15 is 0 Å². The van der Waals surface area contributed by atoms with Crippen molar-refractivity contribution in [2.75, 3.05) is 6.61 Å². The first-order chi connectivity index (χ1) is 7.66. The predicted octanol–water partition coefficient (Wildman–Crippen LogP) is 3.73. The molecule has 0 aromatic carbocycles. The SMILES string of the molecule is CCCC(C)C(=O)C1(OCC)CCCCC1. The molecule has 16 heavy (non-hydrogen) atoms. The van der Waals surface area contributed by atoms with E-state index in [0.717, 1.165) is 38.5 Å². The van der Waals surface area contributed by atoms with E-state index in [1.807, 2.05) is 6.92 Å². The molecule has 2 heteroatoms. The van der Waals surface area contributed by atoms with Crippen LogP contribution in [0.4, 0.5) is 0 Å². The summed E-state index contributed by atoms with van der Waals surface area (Å²) in [5.74, 6) is 0.519. The highest BCUT2D eigenvalue weighted by Gasteiger charge is 2.41. The van der Waals surface area contributed by atoms with Gasteiger partial charge in [0.2, 0.25) is 0 Å². The van der Waals surface area contributed by atoms with Gasteiger partial charge in [-0.3, -0.25) is 4.79 Å². The number of rotatable bonds is 6. The summed E-state index contributed by atoms with van der Waals surface area (Å²) in [5, 5.41) is 0. The number of carbonyl (C=O) groups is 1. The molecule has 1 fully saturated rings. The van der Waals surface area contributed by atoms with E-state index in [0.29, 0.717) is 12.4 Å². The molecule has 1 unspecified atom stereocenters. The van der Waals surface area contributed by atoms with E-state index in [9.17, 15) is 4.79 Å². The molecule has 0 bridgehead atoms. The molecule has 1 aliphatic carbocycles. The van der Waals surface area contributed by atoms with Crippen molar-refractivity contribution in [3.63, 3.8) is 0 Å². The van der Waals surface area contributed by atoms with Gasteiger partial charge in [0.05, 0.1) is 0 Å². The summed E-state index contributed by atoms with van der Waals surface area (Å²) < 4.78 is 5.85. The summed E-state index contributed by atoms with van der Waals surface area (Å²) >= 11 is 0. The third-order valence-electron chi connectivity index (χ3n) is 3.70. The molecule has 0 aromatic heterocycles. The number of ether oxygens (including phenoxy) is 1. The van der Waals surface area contributed by atoms with E-state index in [1.54, 1.807) is 0 Å². The van der Waals surface area contributed by atoms with E-state index in [4.69, 9.17) is 4.74 Å². The summed E-state index contributed by atoms with van der Waals surface area (Å²) in [4.78, 5) is 12.5. The minimum atomic E-state index is -0.429. The van der Waals surface area contributed by atoms with Gasteiger partial charge >= 0.3 is 0 Å². The molecule has 1 aliphatic rings.